The molecule has 0 fully saturated rings. The Kier molecular flexibility index (Phi) is 5.97. The molecular formula is C20H22BrN3S. The maximum Gasteiger partial charge on any atom is 0.191 e. The van der Waals surface area contributed by atoms with E-state index in [4.69, 9.17) is 0 Å². The standard InChI is InChI=1S/C20H22BrN3S/c1-4-24-19(17-10-8-16(9-11-17)14(2)3)22-23-20(24)25-13-15-6-5-7-18(21)12-15/h5-12,14H,4,13H2,1-3H3. The summed E-state index contributed by atoms with van der Waals surface area (Å²) in [5.41, 5.74) is 3.73. The lowest BCUT2D eigenvalue weighted by molar-refractivity contribution is 0.687. The largest absolute Gasteiger partial charge is 0.302 e. The number of hydrogen-bond donors (Lipinski definition) is 0. The zero-order valence-corrected chi connectivity index (χ0v) is 17.1. The van der Waals surface area contributed by atoms with Gasteiger partial charge in [-0.05, 0) is 36.1 Å². The van der Waals surface area contributed by atoms with Crippen molar-refractivity contribution in [3.63, 3.8) is 0 Å². The third-order valence-electron chi connectivity index (χ3n) is 4.13. The van der Waals surface area contributed by atoms with Crippen molar-refractivity contribution in [2.75, 3.05) is 0 Å². The predicted octanol–water partition coefficient (Wildman–Crippen LogP) is 6.14. The molecule has 2 aromatic carbocycles. The molecule has 5 heteroatoms. The Morgan fingerprint density at radius 2 is 1.84 bits per heavy atom. The van der Waals surface area contributed by atoms with Crippen LogP contribution in [0, 0.1) is 0 Å². The summed E-state index contributed by atoms with van der Waals surface area (Å²) in [7, 11) is 0. The molecule has 3 aromatic rings. The van der Waals surface area contributed by atoms with E-state index in [0.717, 1.165) is 33.3 Å². The van der Waals surface area contributed by atoms with Crippen LogP contribution in [0.3, 0.4) is 0 Å². The summed E-state index contributed by atoms with van der Waals surface area (Å²) in [6.45, 7) is 7.41. The van der Waals surface area contributed by atoms with Crippen molar-refractivity contribution in [3.8, 4) is 11.4 Å². The van der Waals surface area contributed by atoms with Gasteiger partial charge in [0.05, 0.1) is 0 Å². The first-order valence-corrected chi connectivity index (χ1v) is 10.3. The summed E-state index contributed by atoms with van der Waals surface area (Å²) >= 11 is 5.25. The normalized spacial score (nSPS) is 11.2. The molecule has 0 aliphatic rings. The van der Waals surface area contributed by atoms with Gasteiger partial charge in [-0.25, -0.2) is 0 Å². The van der Waals surface area contributed by atoms with Crippen LogP contribution < -0.4 is 0 Å². The zero-order chi connectivity index (χ0) is 17.8. The highest BCUT2D eigenvalue weighted by atomic mass is 79.9. The molecule has 1 aromatic heterocycles. The van der Waals surface area contributed by atoms with E-state index in [1.807, 2.05) is 6.07 Å². The van der Waals surface area contributed by atoms with Crippen LogP contribution in [0.1, 0.15) is 37.8 Å². The first-order valence-electron chi connectivity index (χ1n) is 8.49. The number of thioether (sulfide) groups is 1. The molecule has 130 valence electrons. The summed E-state index contributed by atoms with van der Waals surface area (Å²) < 4.78 is 3.29. The van der Waals surface area contributed by atoms with Gasteiger partial charge >= 0.3 is 0 Å². The fourth-order valence-corrected chi connectivity index (χ4v) is 4.08. The van der Waals surface area contributed by atoms with Crippen molar-refractivity contribution in [1.29, 1.82) is 0 Å². The second-order valence-corrected chi connectivity index (χ2v) is 8.10. The van der Waals surface area contributed by atoms with Gasteiger partial charge in [-0.1, -0.05) is 77.9 Å². The molecule has 0 atom stereocenters. The third kappa shape index (κ3) is 4.33. The Hall–Kier alpha value is -1.59. The number of benzene rings is 2. The molecule has 0 radical (unpaired) electrons. The summed E-state index contributed by atoms with van der Waals surface area (Å²) in [5, 5.41) is 9.83. The average Bonchev–Trinajstić information content (AvgIpc) is 3.03. The topological polar surface area (TPSA) is 30.7 Å². The van der Waals surface area contributed by atoms with Crippen molar-refractivity contribution in [3.05, 3.63) is 64.1 Å². The molecule has 0 aliphatic carbocycles. The first kappa shape index (κ1) is 18.2. The van der Waals surface area contributed by atoms with Gasteiger partial charge in [0.25, 0.3) is 0 Å². The van der Waals surface area contributed by atoms with Crippen LogP contribution in [-0.2, 0) is 12.3 Å². The summed E-state index contributed by atoms with van der Waals surface area (Å²) in [4.78, 5) is 0. The third-order valence-corrected chi connectivity index (χ3v) is 5.66. The molecule has 0 saturated carbocycles. The lowest BCUT2D eigenvalue weighted by Crippen LogP contribution is -2.00. The molecule has 0 spiro atoms. The minimum atomic E-state index is 0.536. The number of rotatable bonds is 6. The SMILES string of the molecule is CCn1c(SCc2cccc(Br)c2)nnc1-c1ccc(C(C)C)cc1. The number of nitrogens with zero attached hydrogens (tertiary/aromatic N) is 3. The van der Waals surface area contributed by atoms with E-state index in [1.165, 1.54) is 11.1 Å². The Bertz CT molecular complexity index is 840. The van der Waals surface area contributed by atoms with Gasteiger partial charge in [0.15, 0.2) is 11.0 Å². The first-order chi connectivity index (χ1) is 12.1. The summed E-state index contributed by atoms with van der Waals surface area (Å²) in [6, 6.07) is 17.0. The van der Waals surface area contributed by atoms with Gasteiger partial charge in [-0.3, -0.25) is 0 Å². The monoisotopic (exact) mass is 415 g/mol. The number of aromatic nitrogens is 3. The summed E-state index contributed by atoms with van der Waals surface area (Å²) in [5.74, 6) is 2.35. The zero-order valence-electron chi connectivity index (χ0n) is 14.7. The highest BCUT2D eigenvalue weighted by Crippen LogP contribution is 2.28. The van der Waals surface area contributed by atoms with Gasteiger partial charge in [0.1, 0.15) is 0 Å². The molecule has 0 N–H and O–H groups in total. The van der Waals surface area contributed by atoms with E-state index in [9.17, 15) is 0 Å². The van der Waals surface area contributed by atoms with Gasteiger partial charge < -0.3 is 4.57 Å². The van der Waals surface area contributed by atoms with E-state index >= 15 is 0 Å². The van der Waals surface area contributed by atoms with Gasteiger partial charge in [-0.15, -0.1) is 10.2 Å². The number of halogens is 1. The molecule has 0 saturated heterocycles. The second kappa shape index (κ2) is 8.19. The lowest BCUT2D eigenvalue weighted by atomic mass is 10.0. The Morgan fingerprint density at radius 3 is 2.48 bits per heavy atom. The van der Waals surface area contributed by atoms with Crippen LogP contribution in [0.2, 0.25) is 0 Å². The van der Waals surface area contributed by atoms with Crippen molar-refractivity contribution in [2.45, 2.75) is 44.1 Å². The van der Waals surface area contributed by atoms with Gasteiger partial charge in [0, 0.05) is 22.3 Å². The van der Waals surface area contributed by atoms with Gasteiger partial charge in [-0.2, -0.15) is 0 Å². The smallest absolute Gasteiger partial charge is 0.191 e. The maximum atomic E-state index is 4.44. The van der Waals surface area contributed by atoms with Crippen LogP contribution in [0.15, 0.2) is 58.2 Å². The molecule has 3 nitrogen and oxygen atoms in total. The van der Waals surface area contributed by atoms with Crippen molar-refractivity contribution in [1.82, 2.24) is 14.8 Å². The lowest BCUT2D eigenvalue weighted by Gasteiger charge is -2.09. The highest BCUT2D eigenvalue weighted by Gasteiger charge is 2.13. The maximum absolute atomic E-state index is 4.44. The average molecular weight is 416 g/mol. The molecule has 0 aliphatic heterocycles. The van der Waals surface area contributed by atoms with E-state index in [-0.39, 0.29) is 0 Å². The minimum Gasteiger partial charge on any atom is -0.302 e. The molecular weight excluding hydrogens is 394 g/mol. The fourth-order valence-electron chi connectivity index (χ4n) is 2.69. The Balaban J connectivity index is 1.81. The van der Waals surface area contributed by atoms with Crippen molar-refractivity contribution < 1.29 is 0 Å². The fraction of sp³-hybridized carbons (Fsp3) is 0.300. The summed E-state index contributed by atoms with van der Waals surface area (Å²) in [6.07, 6.45) is 0. The van der Waals surface area contributed by atoms with E-state index in [2.05, 4.69) is 93.9 Å². The molecule has 0 bridgehead atoms. The highest BCUT2D eigenvalue weighted by molar-refractivity contribution is 9.10. The minimum absolute atomic E-state index is 0.536. The molecule has 0 unspecified atom stereocenters. The predicted molar refractivity (Wildman–Crippen MR) is 109 cm³/mol. The molecule has 1 heterocycles. The van der Waals surface area contributed by atoms with Crippen LogP contribution in [-0.4, -0.2) is 14.8 Å². The van der Waals surface area contributed by atoms with Crippen LogP contribution >= 0.6 is 27.7 Å². The van der Waals surface area contributed by atoms with E-state index in [0.29, 0.717) is 5.92 Å². The van der Waals surface area contributed by atoms with E-state index < -0.39 is 0 Å². The molecule has 0 amide bonds. The van der Waals surface area contributed by atoms with Crippen molar-refractivity contribution >= 4 is 27.7 Å². The molecule has 25 heavy (non-hydrogen) atoms. The Morgan fingerprint density at radius 1 is 1.08 bits per heavy atom. The van der Waals surface area contributed by atoms with Gasteiger partial charge in [0.2, 0.25) is 0 Å². The quantitative estimate of drug-likeness (QED) is 0.452. The molecule has 3 rings (SSSR count). The Labute approximate surface area is 162 Å². The number of hydrogen-bond acceptors (Lipinski definition) is 3. The van der Waals surface area contributed by atoms with Crippen LogP contribution in [0.25, 0.3) is 11.4 Å². The van der Waals surface area contributed by atoms with Crippen LogP contribution in [0.5, 0.6) is 0 Å². The van der Waals surface area contributed by atoms with Crippen molar-refractivity contribution in [2.24, 2.45) is 0 Å². The van der Waals surface area contributed by atoms with E-state index in [1.54, 1.807) is 11.8 Å². The second-order valence-electron chi connectivity index (χ2n) is 6.25. The van der Waals surface area contributed by atoms with Crippen LogP contribution in [0.4, 0.5) is 0 Å².